The largest absolute Gasteiger partial charge is 0.381 e. The fourth-order valence-electron chi connectivity index (χ4n) is 2.12. The summed E-state index contributed by atoms with van der Waals surface area (Å²) in [5, 5.41) is 5.92. The van der Waals surface area contributed by atoms with Crippen LogP contribution >= 0.6 is 0 Å². The van der Waals surface area contributed by atoms with E-state index in [-0.39, 0.29) is 11.7 Å². The number of carbonyl (C=O) groups is 1. The van der Waals surface area contributed by atoms with Gasteiger partial charge in [0.25, 0.3) is 0 Å². The number of amides is 1. The van der Waals surface area contributed by atoms with Gasteiger partial charge >= 0.3 is 0 Å². The molecule has 0 aliphatic rings. The van der Waals surface area contributed by atoms with E-state index >= 15 is 0 Å². The van der Waals surface area contributed by atoms with Crippen LogP contribution in [0.15, 0.2) is 42.5 Å². The van der Waals surface area contributed by atoms with Crippen LogP contribution in [0.4, 0.5) is 10.1 Å². The Morgan fingerprint density at radius 2 is 1.95 bits per heavy atom. The molecule has 0 heterocycles. The molecule has 0 aromatic heterocycles. The molecule has 2 aromatic carbocycles. The predicted molar refractivity (Wildman–Crippen MR) is 82.7 cm³/mol. The zero-order chi connectivity index (χ0) is 15.2. The number of hydrogen-bond acceptors (Lipinski definition) is 2. The van der Waals surface area contributed by atoms with Crippen molar-refractivity contribution in [2.45, 2.75) is 19.9 Å². The van der Waals surface area contributed by atoms with E-state index in [1.54, 1.807) is 20.0 Å². The summed E-state index contributed by atoms with van der Waals surface area (Å²) >= 11 is 0. The number of carbonyl (C=O) groups excluding carboxylic acids is 1. The van der Waals surface area contributed by atoms with Crippen LogP contribution < -0.4 is 10.6 Å². The highest BCUT2D eigenvalue weighted by atomic mass is 19.1. The van der Waals surface area contributed by atoms with Crippen LogP contribution in [0.25, 0.3) is 0 Å². The summed E-state index contributed by atoms with van der Waals surface area (Å²) < 4.78 is 13.2. The number of benzene rings is 2. The Morgan fingerprint density at radius 3 is 2.67 bits per heavy atom. The monoisotopic (exact) mass is 286 g/mol. The van der Waals surface area contributed by atoms with Crippen LogP contribution in [0.1, 0.15) is 16.7 Å². The van der Waals surface area contributed by atoms with Crippen molar-refractivity contribution in [3.05, 3.63) is 65.0 Å². The fourth-order valence-corrected chi connectivity index (χ4v) is 2.12. The van der Waals surface area contributed by atoms with Crippen LogP contribution in [0.5, 0.6) is 0 Å². The highest BCUT2D eigenvalue weighted by Crippen LogP contribution is 2.17. The third-order valence-corrected chi connectivity index (χ3v) is 3.35. The quantitative estimate of drug-likeness (QED) is 0.887. The molecule has 0 radical (unpaired) electrons. The Bertz CT molecular complexity index is 640. The SMILES string of the molecule is CNC(=O)Cc1ccccc1NCc1ccc(F)c(C)c1. The maximum Gasteiger partial charge on any atom is 0.224 e. The van der Waals surface area contributed by atoms with Gasteiger partial charge in [-0.25, -0.2) is 4.39 Å². The van der Waals surface area contributed by atoms with Gasteiger partial charge < -0.3 is 10.6 Å². The third kappa shape index (κ3) is 4.05. The van der Waals surface area contributed by atoms with Crippen LogP contribution in [0.3, 0.4) is 0 Å². The number of anilines is 1. The molecule has 21 heavy (non-hydrogen) atoms. The van der Waals surface area contributed by atoms with Crippen molar-refractivity contribution in [1.29, 1.82) is 0 Å². The first-order chi connectivity index (χ1) is 10.1. The lowest BCUT2D eigenvalue weighted by Gasteiger charge is -2.12. The van der Waals surface area contributed by atoms with E-state index in [2.05, 4.69) is 10.6 Å². The molecule has 0 unspecified atom stereocenters. The molecule has 4 heteroatoms. The van der Waals surface area contributed by atoms with Gasteiger partial charge in [0.2, 0.25) is 5.91 Å². The van der Waals surface area contributed by atoms with Gasteiger partial charge in [0.1, 0.15) is 5.82 Å². The summed E-state index contributed by atoms with van der Waals surface area (Å²) in [6.07, 6.45) is 0.335. The van der Waals surface area contributed by atoms with Crippen LogP contribution in [-0.2, 0) is 17.8 Å². The van der Waals surface area contributed by atoms with Gasteiger partial charge in [0, 0.05) is 19.3 Å². The van der Waals surface area contributed by atoms with E-state index in [0.717, 1.165) is 16.8 Å². The number of nitrogens with one attached hydrogen (secondary N) is 2. The van der Waals surface area contributed by atoms with Gasteiger partial charge in [-0.05, 0) is 35.7 Å². The minimum Gasteiger partial charge on any atom is -0.381 e. The van der Waals surface area contributed by atoms with Crippen molar-refractivity contribution in [2.24, 2.45) is 0 Å². The van der Waals surface area contributed by atoms with Crippen LogP contribution in [0.2, 0.25) is 0 Å². The maximum absolute atomic E-state index is 13.2. The van der Waals surface area contributed by atoms with Crippen LogP contribution in [-0.4, -0.2) is 13.0 Å². The second-order valence-corrected chi connectivity index (χ2v) is 4.94. The molecule has 0 spiro atoms. The normalized spacial score (nSPS) is 10.2. The van der Waals surface area contributed by atoms with E-state index in [4.69, 9.17) is 0 Å². The molecule has 0 fully saturated rings. The Balaban J connectivity index is 2.09. The first-order valence-corrected chi connectivity index (χ1v) is 6.87. The van der Waals surface area contributed by atoms with E-state index in [1.807, 2.05) is 30.3 Å². The van der Waals surface area contributed by atoms with Gasteiger partial charge in [0.15, 0.2) is 0 Å². The van der Waals surface area contributed by atoms with E-state index < -0.39 is 0 Å². The molecule has 2 rings (SSSR count). The predicted octanol–water partition coefficient (Wildman–Crippen LogP) is 3.03. The topological polar surface area (TPSA) is 41.1 Å². The molecule has 0 saturated heterocycles. The summed E-state index contributed by atoms with van der Waals surface area (Å²) in [5.74, 6) is -0.222. The molecule has 0 atom stereocenters. The minimum absolute atomic E-state index is 0.0260. The number of hydrogen-bond donors (Lipinski definition) is 2. The van der Waals surface area contributed by atoms with Crippen molar-refractivity contribution >= 4 is 11.6 Å². The van der Waals surface area contributed by atoms with Gasteiger partial charge in [-0.15, -0.1) is 0 Å². The molecular formula is C17H19FN2O. The smallest absolute Gasteiger partial charge is 0.224 e. The first kappa shape index (κ1) is 15.0. The molecule has 2 N–H and O–H groups in total. The molecule has 1 amide bonds. The molecule has 0 aliphatic carbocycles. The number of halogens is 1. The molecule has 110 valence electrons. The van der Waals surface area contributed by atoms with E-state index in [9.17, 15) is 9.18 Å². The summed E-state index contributed by atoms with van der Waals surface area (Å²) in [6.45, 7) is 2.34. The molecule has 0 aliphatic heterocycles. The molecule has 2 aromatic rings. The van der Waals surface area contributed by atoms with Crippen molar-refractivity contribution < 1.29 is 9.18 Å². The Morgan fingerprint density at radius 1 is 1.19 bits per heavy atom. The lowest BCUT2D eigenvalue weighted by molar-refractivity contribution is -0.119. The number of aryl methyl sites for hydroxylation is 1. The zero-order valence-corrected chi connectivity index (χ0v) is 12.2. The lowest BCUT2D eigenvalue weighted by atomic mass is 10.1. The molecule has 0 bridgehead atoms. The summed E-state index contributed by atoms with van der Waals surface area (Å²) in [6, 6.07) is 12.8. The summed E-state index contributed by atoms with van der Waals surface area (Å²) in [4.78, 5) is 11.5. The molecular weight excluding hydrogens is 267 g/mol. The van der Waals surface area contributed by atoms with Crippen LogP contribution in [0, 0.1) is 12.7 Å². The highest BCUT2D eigenvalue weighted by Gasteiger charge is 2.06. The highest BCUT2D eigenvalue weighted by molar-refractivity contribution is 5.80. The summed E-state index contributed by atoms with van der Waals surface area (Å²) in [5.41, 5.74) is 3.50. The standard InChI is InChI=1S/C17H19FN2O/c1-12-9-13(7-8-15(12)18)11-20-16-6-4-3-5-14(16)10-17(21)19-2/h3-9,20H,10-11H2,1-2H3,(H,19,21). The number of likely N-dealkylation sites (N-methyl/N-ethyl adjacent to an activating group) is 1. The summed E-state index contributed by atoms with van der Waals surface area (Å²) in [7, 11) is 1.62. The first-order valence-electron chi connectivity index (χ1n) is 6.87. The Hall–Kier alpha value is -2.36. The minimum atomic E-state index is -0.196. The second kappa shape index (κ2) is 6.88. The second-order valence-electron chi connectivity index (χ2n) is 4.94. The number of rotatable bonds is 5. The Kier molecular flexibility index (Phi) is 4.93. The van der Waals surface area contributed by atoms with Gasteiger partial charge in [0.05, 0.1) is 6.42 Å². The van der Waals surface area contributed by atoms with E-state index in [0.29, 0.717) is 18.5 Å². The maximum atomic E-state index is 13.2. The van der Waals surface area contributed by atoms with Gasteiger partial charge in [-0.3, -0.25) is 4.79 Å². The van der Waals surface area contributed by atoms with Gasteiger partial charge in [-0.1, -0.05) is 30.3 Å². The van der Waals surface area contributed by atoms with Crippen molar-refractivity contribution in [3.8, 4) is 0 Å². The van der Waals surface area contributed by atoms with Crippen molar-refractivity contribution in [3.63, 3.8) is 0 Å². The van der Waals surface area contributed by atoms with Crippen molar-refractivity contribution in [1.82, 2.24) is 5.32 Å². The number of para-hydroxylation sites is 1. The average molecular weight is 286 g/mol. The third-order valence-electron chi connectivity index (χ3n) is 3.35. The average Bonchev–Trinajstić information content (AvgIpc) is 2.49. The molecule has 0 saturated carbocycles. The fraction of sp³-hybridized carbons (Fsp3) is 0.235. The lowest BCUT2D eigenvalue weighted by Crippen LogP contribution is -2.20. The van der Waals surface area contributed by atoms with E-state index in [1.165, 1.54) is 6.07 Å². The Labute approximate surface area is 124 Å². The zero-order valence-electron chi connectivity index (χ0n) is 12.2. The van der Waals surface area contributed by atoms with Gasteiger partial charge in [-0.2, -0.15) is 0 Å². The van der Waals surface area contributed by atoms with Crippen molar-refractivity contribution in [2.75, 3.05) is 12.4 Å². The molecule has 3 nitrogen and oxygen atoms in total.